The second-order valence-electron chi connectivity index (χ2n) is 27.7. The molecule has 0 aliphatic carbocycles. The van der Waals surface area contributed by atoms with Crippen LogP contribution < -0.4 is 14.7 Å². The molecule has 15 rings (SSSR count). The van der Waals surface area contributed by atoms with Gasteiger partial charge >= 0.3 is 0 Å². The molecule has 474 valence electrons. The standard InChI is InChI=1S/C33H36N2.C29H28N2.C27H24N2/c1-32(2,3)23-13-19-30-28(21-23)29-22-24(33(4,5)6)14-20-31(29)35(30)27-17-15-26(16-18-27)34(7)25-11-9-8-10-12-25;1-4-21-11-17-28-26(19-21)27-20-22(5-2)12-18-29(27)31(28)25-15-13-24(14-16-25)30(3)23-9-7-6-8-10-23;1-19-9-15-26-24(17-19)25-18-20(2)10-16-27(25)29(26)23-13-11-22(12-14-23)28(3)21-7-5-4-6-8-21/h8-22H,1-7H3;6-20H,4-5H2,1-3H3;4-18H,1-3H3. The van der Waals surface area contributed by atoms with Crippen molar-refractivity contribution in [1.82, 2.24) is 13.7 Å². The highest BCUT2D eigenvalue weighted by Gasteiger charge is 2.22. The zero-order valence-corrected chi connectivity index (χ0v) is 57.6. The Morgan fingerprint density at radius 3 is 0.779 bits per heavy atom. The van der Waals surface area contributed by atoms with E-state index in [1.165, 1.54) is 150 Å². The first-order valence-corrected chi connectivity index (χ1v) is 33.7. The molecule has 0 spiro atoms. The van der Waals surface area contributed by atoms with Gasteiger partial charge in [-0.1, -0.05) is 158 Å². The lowest BCUT2D eigenvalue weighted by Gasteiger charge is -2.20. The number of nitrogens with zero attached hydrogens (tertiary/aromatic N) is 6. The quantitative estimate of drug-likeness (QED) is 0.129. The fourth-order valence-corrected chi connectivity index (χ4v) is 13.5. The summed E-state index contributed by atoms with van der Waals surface area (Å²) in [4.78, 5) is 6.65. The van der Waals surface area contributed by atoms with Crippen molar-refractivity contribution in [1.29, 1.82) is 0 Å². The van der Waals surface area contributed by atoms with Crippen LogP contribution in [-0.2, 0) is 23.7 Å². The normalized spacial score (nSPS) is 11.7. The Hall–Kier alpha value is -10.6. The number of rotatable bonds is 11. The number of hydrogen-bond donors (Lipinski definition) is 0. The van der Waals surface area contributed by atoms with Crippen molar-refractivity contribution in [3.63, 3.8) is 0 Å². The smallest absolute Gasteiger partial charge is 0.0541 e. The molecule has 0 fully saturated rings. The van der Waals surface area contributed by atoms with Crippen LogP contribution in [0.2, 0.25) is 0 Å². The Morgan fingerprint density at radius 2 is 0.505 bits per heavy atom. The Balaban J connectivity index is 0.000000130. The van der Waals surface area contributed by atoms with Crippen LogP contribution in [0.5, 0.6) is 0 Å². The van der Waals surface area contributed by atoms with Gasteiger partial charge < -0.3 is 28.4 Å². The van der Waals surface area contributed by atoms with Crippen molar-refractivity contribution in [3.8, 4) is 17.1 Å². The van der Waals surface area contributed by atoms with Crippen molar-refractivity contribution in [3.05, 3.63) is 306 Å². The van der Waals surface area contributed by atoms with Gasteiger partial charge in [0.05, 0.1) is 33.1 Å². The third kappa shape index (κ3) is 12.6. The van der Waals surface area contributed by atoms with E-state index < -0.39 is 0 Å². The molecule has 0 amide bonds. The molecule has 0 bridgehead atoms. The lowest BCUT2D eigenvalue weighted by Crippen LogP contribution is -2.10. The van der Waals surface area contributed by atoms with Crippen LogP contribution in [0.25, 0.3) is 82.5 Å². The second-order valence-corrected chi connectivity index (χ2v) is 27.7. The van der Waals surface area contributed by atoms with Gasteiger partial charge in [0, 0.05) is 105 Å². The number of para-hydroxylation sites is 3. The third-order valence-corrected chi connectivity index (χ3v) is 19.2. The molecule has 0 unspecified atom stereocenters. The molecule has 0 N–H and O–H groups in total. The molecule has 0 saturated carbocycles. The summed E-state index contributed by atoms with van der Waals surface area (Å²) in [6, 6.07) is 99.3. The number of aryl methyl sites for hydroxylation is 4. The van der Waals surface area contributed by atoms with Gasteiger partial charge in [-0.3, -0.25) is 0 Å². The summed E-state index contributed by atoms with van der Waals surface area (Å²) in [6.07, 6.45) is 2.10. The average Bonchev–Trinajstić information content (AvgIpc) is 1.61. The molecule has 0 aliphatic heterocycles. The van der Waals surface area contributed by atoms with Gasteiger partial charge in [0.1, 0.15) is 0 Å². The summed E-state index contributed by atoms with van der Waals surface area (Å²) in [7, 11) is 6.34. The summed E-state index contributed by atoms with van der Waals surface area (Å²) in [6.45, 7) is 22.5. The minimum absolute atomic E-state index is 0.105. The molecule has 0 aliphatic rings. The maximum Gasteiger partial charge on any atom is 0.0541 e. The fraction of sp³-hybridized carbons (Fsp3) is 0.191. The molecule has 15 aromatic rings. The summed E-state index contributed by atoms with van der Waals surface area (Å²) in [5.41, 5.74) is 26.5. The molecule has 0 atom stereocenters. The highest BCUT2D eigenvalue weighted by atomic mass is 15.1. The van der Waals surface area contributed by atoms with Crippen LogP contribution in [0.3, 0.4) is 0 Å². The van der Waals surface area contributed by atoms with Crippen molar-refractivity contribution >= 4 is 99.5 Å². The van der Waals surface area contributed by atoms with Crippen molar-refractivity contribution < 1.29 is 0 Å². The SMILES string of the molecule is CCc1ccc2c(c1)c1cc(CC)ccc1n2-c1ccc(N(C)c2ccccc2)cc1.CN(c1ccccc1)c1ccc(-n2c3ccc(C(C)(C)C)cc3c3cc(C(C)(C)C)ccc32)cc1.Cc1ccc2c(c1)c1cc(C)ccc1n2-c1ccc(N(C)c2ccccc2)cc1. The zero-order valence-electron chi connectivity index (χ0n) is 57.6. The van der Waals surface area contributed by atoms with E-state index in [0.717, 1.165) is 12.8 Å². The van der Waals surface area contributed by atoms with Gasteiger partial charge in [-0.25, -0.2) is 0 Å². The molecule has 0 saturated heterocycles. The summed E-state index contributed by atoms with van der Waals surface area (Å²) in [5.74, 6) is 0. The minimum Gasteiger partial charge on any atom is -0.345 e. The van der Waals surface area contributed by atoms with Crippen molar-refractivity contribution in [2.24, 2.45) is 0 Å². The largest absolute Gasteiger partial charge is 0.345 e. The predicted molar refractivity (Wildman–Crippen MR) is 411 cm³/mol. The van der Waals surface area contributed by atoms with E-state index in [-0.39, 0.29) is 10.8 Å². The van der Waals surface area contributed by atoms with E-state index >= 15 is 0 Å². The number of hydrogen-bond acceptors (Lipinski definition) is 3. The van der Waals surface area contributed by atoms with Crippen LogP contribution in [0.15, 0.2) is 273 Å². The lowest BCUT2D eigenvalue weighted by atomic mass is 9.85. The van der Waals surface area contributed by atoms with Gasteiger partial charge in [0.25, 0.3) is 0 Å². The monoisotopic (exact) mass is 1240 g/mol. The van der Waals surface area contributed by atoms with E-state index in [1.54, 1.807) is 0 Å². The minimum atomic E-state index is 0.105. The maximum atomic E-state index is 2.41. The van der Waals surface area contributed by atoms with E-state index in [0.29, 0.717) is 0 Å². The number of aromatic nitrogens is 3. The van der Waals surface area contributed by atoms with E-state index in [1.807, 2.05) is 6.07 Å². The summed E-state index contributed by atoms with van der Waals surface area (Å²) >= 11 is 0. The highest BCUT2D eigenvalue weighted by Crippen LogP contribution is 2.40. The first-order valence-electron chi connectivity index (χ1n) is 33.7. The maximum absolute atomic E-state index is 2.41. The fourth-order valence-electron chi connectivity index (χ4n) is 13.5. The number of fused-ring (bicyclic) bond motifs is 9. The third-order valence-electron chi connectivity index (χ3n) is 19.2. The molecular formula is C89H88N6. The van der Waals surface area contributed by atoms with E-state index in [2.05, 4.69) is 386 Å². The Bertz CT molecular complexity index is 5000. The van der Waals surface area contributed by atoms with Crippen LogP contribution in [-0.4, -0.2) is 34.8 Å². The van der Waals surface area contributed by atoms with Crippen LogP contribution in [0.4, 0.5) is 34.1 Å². The molecule has 12 aromatic carbocycles. The van der Waals surface area contributed by atoms with E-state index in [9.17, 15) is 0 Å². The van der Waals surface area contributed by atoms with Crippen LogP contribution in [0.1, 0.15) is 88.8 Å². The highest BCUT2D eigenvalue weighted by molar-refractivity contribution is 6.12. The Kier molecular flexibility index (Phi) is 17.4. The van der Waals surface area contributed by atoms with Crippen molar-refractivity contribution in [2.45, 2.75) is 92.9 Å². The summed E-state index contributed by atoms with van der Waals surface area (Å²) in [5, 5.41) is 7.96. The van der Waals surface area contributed by atoms with Crippen LogP contribution in [0, 0.1) is 13.8 Å². The molecule has 6 heteroatoms. The van der Waals surface area contributed by atoms with Gasteiger partial charge in [0.2, 0.25) is 0 Å². The first-order chi connectivity index (χ1) is 45.8. The molecule has 6 nitrogen and oxygen atoms in total. The topological polar surface area (TPSA) is 24.5 Å². The van der Waals surface area contributed by atoms with Crippen LogP contribution >= 0.6 is 0 Å². The molecule has 3 aromatic heterocycles. The van der Waals surface area contributed by atoms with Crippen molar-refractivity contribution in [2.75, 3.05) is 35.8 Å². The number of anilines is 6. The van der Waals surface area contributed by atoms with Gasteiger partial charge in [0.15, 0.2) is 0 Å². The van der Waals surface area contributed by atoms with Gasteiger partial charge in [-0.2, -0.15) is 0 Å². The molecule has 0 radical (unpaired) electrons. The molecular weight excluding hydrogens is 1150 g/mol. The lowest BCUT2D eigenvalue weighted by molar-refractivity contribution is 0.590. The Morgan fingerprint density at radius 1 is 0.263 bits per heavy atom. The average molecular weight is 1240 g/mol. The zero-order chi connectivity index (χ0) is 66.3. The molecule has 95 heavy (non-hydrogen) atoms. The first kappa shape index (κ1) is 63.2. The predicted octanol–water partition coefficient (Wildman–Crippen LogP) is 24.0. The molecule has 3 heterocycles. The number of benzene rings is 12. The van der Waals surface area contributed by atoms with Gasteiger partial charge in [-0.15, -0.1) is 0 Å². The summed E-state index contributed by atoms with van der Waals surface area (Å²) < 4.78 is 7.18. The van der Waals surface area contributed by atoms with E-state index in [4.69, 9.17) is 0 Å². The van der Waals surface area contributed by atoms with Gasteiger partial charge in [-0.05, 0) is 242 Å². The second kappa shape index (κ2) is 26.1. The Labute approximate surface area is 562 Å².